The Morgan fingerprint density at radius 1 is 1.19 bits per heavy atom. The van der Waals surface area contributed by atoms with Gasteiger partial charge in [0.2, 0.25) is 10.0 Å². The van der Waals surface area contributed by atoms with Gasteiger partial charge in [-0.25, -0.2) is 13.6 Å². The van der Waals surface area contributed by atoms with Crippen molar-refractivity contribution < 1.29 is 27.5 Å². The molecule has 0 unspecified atom stereocenters. The normalized spacial score (nSPS) is 12.2. The Bertz CT molecular complexity index is 1310. The number of carbonyl (C=O) groups excluding carboxylic acids is 2. The molecule has 2 aromatic carbocycles. The Balaban J connectivity index is 1.97. The molecule has 0 radical (unpaired) electrons. The number of rotatable bonds is 7. The number of fused-ring (bicyclic) bond motifs is 1. The minimum Gasteiger partial charge on any atom is -0.484 e. The molecule has 1 heterocycles. The van der Waals surface area contributed by atoms with Crippen molar-refractivity contribution in [2.45, 2.75) is 25.3 Å². The number of nitrogens with zero attached hydrogens (tertiary/aromatic N) is 2. The van der Waals surface area contributed by atoms with Crippen molar-refractivity contribution in [3.8, 4) is 5.75 Å². The highest BCUT2D eigenvalue weighted by molar-refractivity contribution is 7.89. The summed E-state index contributed by atoms with van der Waals surface area (Å²) in [5.74, 6) is -0.531. The molecule has 164 valence electrons. The number of aryl methyl sites for hydroxylation is 1. The van der Waals surface area contributed by atoms with Crippen LogP contribution in [-0.2, 0) is 30.9 Å². The topological polar surface area (TPSA) is 130 Å². The maximum atomic E-state index is 12.4. The molecule has 3 aromatic rings. The molecule has 0 spiro atoms. The molecule has 1 aromatic heterocycles. The predicted molar refractivity (Wildman–Crippen MR) is 115 cm³/mol. The average molecular weight is 464 g/mol. The highest BCUT2D eigenvalue weighted by Crippen LogP contribution is 2.21. The van der Waals surface area contributed by atoms with Crippen LogP contribution in [0.15, 0.2) is 52.4 Å². The third-order valence-corrected chi connectivity index (χ3v) is 6.10. The second-order valence-corrected chi connectivity index (χ2v) is 9.13. The van der Waals surface area contributed by atoms with Crippen LogP contribution in [-0.4, -0.2) is 38.1 Å². The molecule has 0 aliphatic rings. The van der Waals surface area contributed by atoms with Gasteiger partial charge in [-0.2, -0.15) is 4.99 Å². The highest BCUT2D eigenvalue weighted by atomic mass is 32.2. The molecule has 2 N–H and O–H groups in total. The SMILES string of the molecule is CCOC(=O)Cn1c(=NC(=O)COc2cccc(C)c2)sc2cc(S(N)(=O)=O)ccc21. The zero-order valence-corrected chi connectivity index (χ0v) is 18.5. The van der Waals surface area contributed by atoms with Gasteiger partial charge in [0.15, 0.2) is 11.4 Å². The minimum atomic E-state index is -3.91. The van der Waals surface area contributed by atoms with Gasteiger partial charge in [-0.05, 0) is 49.7 Å². The number of sulfonamides is 1. The number of hydrogen-bond acceptors (Lipinski definition) is 7. The molecule has 0 saturated carbocycles. The molecule has 0 aliphatic heterocycles. The van der Waals surface area contributed by atoms with E-state index in [9.17, 15) is 18.0 Å². The summed E-state index contributed by atoms with van der Waals surface area (Å²) in [6, 6.07) is 11.5. The largest absolute Gasteiger partial charge is 0.484 e. The maximum absolute atomic E-state index is 12.4. The maximum Gasteiger partial charge on any atom is 0.326 e. The monoisotopic (exact) mass is 463 g/mol. The smallest absolute Gasteiger partial charge is 0.326 e. The predicted octanol–water partition coefficient (Wildman–Crippen LogP) is 1.73. The van der Waals surface area contributed by atoms with Gasteiger partial charge in [0, 0.05) is 0 Å². The quantitative estimate of drug-likeness (QED) is 0.531. The van der Waals surface area contributed by atoms with E-state index >= 15 is 0 Å². The van der Waals surface area contributed by atoms with Crippen LogP contribution in [0.25, 0.3) is 10.2 Å². The molecular formula is C20H21N3O6S2. The lowest BCUT2D eigenvalue weighted by molar-refractivity contribution is -0.143. The van der Waals surface area contributed by atoms with Crippen LogP contribution in [0.4, 0.5) is 0 Å². The Kier molecular flexibility index (Phi) is 6.88. The number of esters is 1. The number of aromatic nitrogens is 1. The Hall–Kier alpha value is -3.02. The van der Waals surface area contributed by atoms with Crippen molar-refractivity contribution in [1.82, 2.24) is 4.57 Å². The van der Waals surface area contributed by atoms with Gasteiger partial charge in [0.1, 0.15) is 12.3 Å². The molecule has 9 nitrogen and oxygen atoms in total. The Labute approximate surface area is 182 Å². The lowest BCUT2D eigenvalue weighted by Crippen LogP contribution is -2.24. The summed E-state index contributed by atoms with van der Waals surface area (Å²) >= 11 is 1.06. The number of nitrogens with two attached hydrogens (primary N) is 1. The van der Waals surface area contributed by atoms with Crippen molar-refractivity contribution in [2.24, 2.45) is 10.1 Å². The van der Waals surface area contributed by atoms with Crippen LogP contribution < -0.4 is 14.7 Å². The van der Waals surface area contributed by atoms with Crippen molar-refractivity contribution in [1.29, 1.82) is 0 Å². The fourth-order valence-electron chi connectivity index (χ4n) is 2.79. The summed E-state index contributed by atoms with van der Waals surface area (Å²) in [6.07, 6.45) is 0. The van der Waals surface area contributed by atoms with Crippen molar-refractivity contribution in [3.63, 3.8) is 0 Å². The summed E-state index contributed by atoms with van der Waals surface area (Å²) in [6.45, 7) is 3.31. The van der Waals surface area contributed by atoms with Crippen molar-refractivity contribution >= 4 is 43.5 Å². The Morgan fingerprint density at radius 3 is 2.65 bits per heavy atom. The molecule has 0 saturated heterocycles. The molecule has 0 fully saturated rings. The van der Waals surface area contributed by atoms with Gasteiger partial charge in [0.05, 0.1) is 21.7 Å². The summed E-state index contributed by atoms with van der Waals surface area (Å²) in [4.78, 5) is 28.7. The summed E-state index contributed by atoms with van der Waals surface area (Å²) in [5.41, 5.74) is 1.51. The number of hydrogen-bond donors (Lipinski definition) is 1. The first-order valence-electron chi connectivity index (χ1n) is 9.26. The zero-order chi connectivity index (χ0) is 22.6. The standard InChI is InChI=1S/C20H21N3O6S2/c1-3-28-19(25)11-23-16-8-7-15(31(21,26)27)10-17(16)30-20(23)22-18(24)12-29-14-6-4-5-13(2)9-14/h4-10H,3,11-12H2,1-2H3,(H2,21,26,27). The van der Waals surface area contributed by atoms with Gasteiger partial charge in [-0.3, -0.25) is 9.59 Å². The van der Waals surface area contributed by atoms with E-state index in [0.29, 0.717) is 16.0 Å². The molecule has 31 heavy (non-hydrogen) atoms. The van der Waals surface area contributed by atoms with Crippen molar-refractivity contribution in [2.75, 3.05) is 13.2 Å². The summed E-state index contributed by atoms with van der Waals surface area (Å²) in [7, 11) is -3.91. The average Bonchev–Trinajstić information content (AvgIpc) is 3.02. The first-order chi connectivity index (χ1) is 14.7. The van der Waals surface area contributed by atoms with E-state index in [1.807, 2.05) is 19.1 Å². The minimum absolute atomic E-state index is 0.0785. The number of benzene rings is 2. The van der Waals surface area contributed by atoms with Gasteiger partial charge in [-0.15, -0.1) is 0 Å². The van der Waals surface area contributed by atoms with E-state index < -0.39 is 21.9 Å². The van der Waals surface area contributed by atoms with Gasteiger partial charge >= 0.3 is 5.97 Å². The lowest BCUT2D eigenvalue weighted by atomic mass is 10.2. The van der Waals surface area contributed by atoms with Crippen LogP contribution in [0, 0.1) is 6.92 Å². The first kappa shape index (κ1) is 22.7. The fraction of sp³-hybridized carbons (Fsp3) is 0.250. The Morgan fingerprint density at radius 2 is 1.97 bits per heavy atom. The summed E-state index contributed by atoms with van der Waals surface area (Å²) < 4.78 is 35.8. The van der Waals surface area contributed by atoms with Gasteiger partial charge in [0.25, 0.3) is 5.91 Å². The number of carbonyl (C=O) groups is 2. The molecule has 3 rings (SSSR count). The van der Waals surface area contributed by atoms with Gasteiger partial charge < -0.3 is 14.0 Å². The zero-order valence-electron chi connectivity index (χ0n) is 16.9. The molecule has 1 amide bonds. The van der Waals surface area contributed by atoms with Crippen LogP contribution >= 0.6 is 11.3 Å². The summed E-state index contributed by atoms with van der Waals surface area (Å²) in [5, 5.41) is 5.20. The van der Waals surface area contributed by atoms with E-state index in [0.717, 1.165) is 16.9 Å². The molecule has 0 aliphatic carbocycles. The third-order valence-electron chi connectivity index (χ3n) is 4.15. The molecule has 0 atom stereocenters. The third kappa shape index (κ3) is 5.78. The second kappa shape index (κ2) is 9.41. The van der Waals surface area contributed by atoms with E-state index in [-0.39, 0.29) is 29.5 Å². The highest BCUT2D eigenvalue weighted by Gasteiger charge is 2.15. The van der Waals surface area contributed by atoms with E-state index in [4.69, 9.17) is 14.6 Å². The van der Waals surface area contributed by atoms with E-state index in [1.54, 1.807) is 19.1 Å². The van der Waals surface area contributed by atoms with E-state index in [2.05, 4.69) is 4.99 Å². The molecule has 11 heteroatoms. The van der Waals surface area contributed by atoms with Crippen LogP contribution in [0.1, 0.15) is 12.5 Å². The fourth-order valence-corrected chi connectivity index (χ4v) is 4.49. The first-order valence-corrected chi connectivity index (χ1v) is 11.6. The van der Waals surface area contributed by atoms with Crippen LogP contribution in [0.2, 0.25) is 0 Å². The number of ether oxygens (including phenoxy) is 2. The van der Waals surface area contributed by atoms with Crippen LogP contribution in [0.5, 0.6) is 5.75 Å². The van der Waals surface area contributed by atoms with Crippen LogP contribution in [0.3, 0.4) is 0 Å². The second-order valence-electron chi connectivity index (χ2n) is 6.56. The van der Waals surface area contributed by atoms with Crippen molar-refractivity contribution in [3.05, 3.63) is 52.8 Å². The number of thiazole rings is 1. The molecule has 0 bridgehead atoms. The van der Waals surface area contributed by atoms with E-state index in [1.165, 1.54) is 22.8 Å². The number of primary sulfonamides is 1. The number of amides is 1. The molecular weight excluding hydrogens is 442 g/mol. The lowest BCUT2D eigenvalue weighted by Gasteiger charge is -2.06. The van der Waals surface area contributed by atoms with Gasteiger partial charge in [-0.1, -0.05) is 23.5 Å².